The summed E-state index contributed by atoms with van der Waals surface area (Å²) in [6, 6.07) is 0.347. The number of amides is 2. The topological polar surface area (TPSA) is 72.9 Å². The summed E-state index contributed by atoms with van der Waals surface area (Å²) in [5, 5.41) is 11.8. The monoisotopic (exact) mass is 299 g/mol. The second-order valence-corrected chi connectivity index (χ2v) is 6.63. The lowest BCUT2D eigenvalue weighted by molar-refractivity contribution is -0.138. The summed E-state index contributed by atoms with van der Waals surface area (Å²) in [7, 11) is 4.05. The van der Waals surface area contributed by atoms with E-state index >= 15 is 0 Å². The highest BCUT2D eigenvalue weighted by molar-refractivity contribution is 5.74. The molecular weight excluding hydrogens is 270 g/mol. The van der Waals surface area contributed by atoms with Gasteiger partial charge in [0.15, 0.2) is 0 Å². The summed E-state index contributed by atoms with van der Waals surface area (Å²) >= 11 is 0. The Morgan fingerprint density at radius 3 is 2.52 bits per heavy atom. The molecule has 0 aliphatic carbocycles. The molecule has 0 bridgehead atoms. The van der Waals surface area contributed by atoms with Crippen LogP contribution in [0.2, 0.25) is 0 Å². The molecule has 0 aromatic carbocycles. The van der Waals surface area contributed by atoms with Crippen LogP contribution in [0.25, 0.3) is 0 Å². The molecule has 6 nitrogen and oxygen atoms in total. The van der Waals surface area contributed by atoms with Crippen molar-refractivity contribution in [2.24, 2.45) is 11.8 Å². The second kappa shape index (κ2) is 8.22. The normalized spacial score (nSPS) is 20.1. The lowest BCUT2D eigenvalue weighted by Gasteiger charge is -2.23. The zero-order valence-electron chi connectivity index (χ0n) is 13.6. The van der Waals surface area contributed by atoms with Crippen molar-refractivity contribution in [3.8, 4) is 0 Å². The van der Waals surface area contributed by atoms with E-state index < -0.39 is 5.97 Å². The Morgan fingerprint density at radius 2 is 2.05 bits per heavy atom. The SMILES string of the molecule is CC(C)C[C@H](CNC(=O)N1CCC(N(C)C)C1)CC(=O)O. The maximum absolute atomic E-state index is 12.1. The molecule has 0 radical (unpaired) electrons. The molecular formula is C15H29N3O3. The molecule has 6 heteroatoms. The fourth-order valence-electron chi connectivity index (χ4n) is 2.84. The molecule has 1 aliphatic rings. The number of nitrogens with one attached hydrogen (secondary N) is 1. The maximum atomic E-state index is 12.1. The first kappa shape index (κ1) is 17.8. The molecule has 1 saturated heterocycles. The summed E-state index contributed by atoms with van der Waals surface area (Å²) in [5.41, 5.74) is 0. The van der Waals surface area contributed by atoms with Gasteiger partial charge in [0, 0.05) is 32.1 Å². The number of carbonyl (C=O) groups excluding carboxylic acids is 1. The van der Waals surface area contributed by atoms with Gasteiger partial charge in [-0.15, -0.1) is 0 Å². The van der Waals surface area contributed by atoms with Crippen LogP contribution in [-0.4, -0.2) is 66.7 Å². The Bertz CT molecular complexity index is 358. The van der Waals surface area contributed by atoms with Gasteiger partial charge in [0.25, 0.3) is 0 Å². The Kier molecular flexibility index (Phi) is 6.95. The number of aliphatic carboxylic acids is 1. The van der Waals surface area contributed by atoms with Crippen molar-refractivity contribution in [1.29, 1.82) is 0 Å². The van der Waals surface area contributed by atoms with E-state index in [0.717, 1.165) is 25.9 Å². The maximum Gasteiger partial charge on any atom is 0.317 e. The van der Waals surface area contributed by atoms with E-state index in [9.17, 15) is 9.59 Å². The number of urea groups is 1. The molecule has 1 heterocycles. The van der Waals surface area contributed by atoms with E-state index in [2.05, 4.69) is 24.1 Å². The highest BCUT2D eigenvalue weighted by atomic mass is 16.4. The van der Waals surface area contributed by atoms with Crippen LogP contribution >= 0.6 is 0 Å². The Balaban J connectivity index is 2.41. The number of likely N-dealkylation sites (tertiary alicyclic amines) is 1. The predicted molar refractivity (Wildman–Crippen MR) is 82.3 cm³/mol. The first-order chi connectivity index (χ1) is 9.79. The van der Waals surface area contributed by atoms with Crippen molar-refractivity contribution in [1.82, 2.24) is 15.1 Å². The van der Waals surface area contributed by atoms with E-state index in [1.54, 1.807) is 0 Å². The molecule has 0 saturated carbocycles. The average Bonchev–Trinajstić information content (AvgIpc) is 2.83. The summed E-state index contributed by atoms with van der Waals surface area (Å²) in [4.78, 5) is 27.0. The van der Waals surface area contributed by atoms with Crippen LogP contribution in [0.3, 0.4) is 0 Å². The van der Waals surface area contributed by atoms with Gasteiger partial charge in [-0.1, -0.05) is 13.8 Å². The zero-order chi connectivity index (χ0) is 16.0. The van der Waals surface area contributed by atoms with Gasteiger partial charge in [-0.2, -0.15) is 0 Å². The minimum Gasteiger partial charge on any atom is -0.481 e. The largest absolute Gasteiger partial charge is 0.481 e. The van der Waals surface area contributed by atoms with Crippen LogP contribution in [0.15, 0.2) is 0 Å². The van der Waals surface area contributed by atoms with E-state index in [1.165, 1.54) is 0 Å². The quantitative estimate of drug-likeness (QED) is 0.746. The number of rotatable bonds is 7. The van der Waals surface area contributed by atoms with Gasteiger partial charge >= 0.3 is 12.0 Å². The average molecular weight is 299 g/mol. The smallest absolute Gasteiger partial charge is 0.317 e. The Hall–Kier alpha value is -1.30. The van der Waals surface area contributed by atoms with Crippen molar-refractivity contribution in [2.75, 3.05) is 33.7 Å². The molecule has 1 rings (SSSR count). The van der Waals surface area contributed by atoms with Crippen LogP contribution < -0.4 is 5.32 Å². The molecule has 0 spiro atoms. The van der Waals surface area contributed by atoms with Gasteiger partial charge in [0.2, 0.25) is 0 Å². The van der Waals surface area contributed by atoms with Crippen LogP contribution in [0.5, 0.6) is 0 Å². The van der Waals surface area contributed by atoms with Crippen molar-refractivity contribution >= 4 is 12.0 Å². The fraction of sp³-hybridized carbons (Fsp3) is 0.867. The molecule has 2 N–H and O–H groups in total. The summed E-state index contributed by atoms with van der Waals surface area (Å²) in [6.07, 6.45) is 1.91. The number of carbonyl (C=O) groups is 2. The third kappa shape index (κ3) is 6.33. The molecule has 0 aromatic heterocycles. The number of carboxylic acids is 1. The minimum atomic E-state index is -0.802. The van der Waals surface area contributed by atoms with E-state index in [4.69, 9.17) is 5.11 Å². The van der Waals surface area contributed by atoms with Crippen LogP contribution in [0.4, 0.5) is 4.79 Å². The van der Waals surface area contributed by atoms with Gasteiger partial charge in [0.1, 0.15) is 0 Å². The predicted octanol–water partition coefficient (Wildman–Crippen LogP) is 1.47. The number of hydrogen-bond donors (Lipinski definition) is 2. The standard InChI is InChI=1S/C15H29N3O3/c1-11(2)7-12(8-14(19)20)9-16-15(21)18-6-5-13(10-18)17(3)4/h11-13H,5-10H2,1-4H3,(H,16,21)(H,19,20)/t12-,13?/m0/s1. The molecule has 122 valence electrons. The fourth-order valence-corrected chi connectivity index (χ4v) is 2.84. The second-order valence-electron chi connectivity index (χ2n) is 6.63. The number of nitrogens with zero attached hydrogens (tertiary/aromatic N) is 2. The molecule has 1 unspecified atom stereocenters. The highest BCUT2D eigenvalue weighted by Gasteiger charge is 2.27. The molecule has 2 atom stereocenters. The van der Waals surface area contributed by atoms with Gasteiger partial charge in [-0.05, 0) is 38.8 Å². The third-order valence-electron chi connectivity index (χ3n) is 3.99. The highest BCUT2D eigenvalue weighted by Crippen LogP contribution is 2.16. The van der Waals surface area contributed by atoms with Crippen molar-refractivity contribution in [2.45, 2.75) is 39.2 Å². The first-order valence-electron chi connectivity index (χ1n) is 7.70. The molecule has 2 amide bonds. The minimum absolute atomic E-state index is 0.00120. The summed E-state index contributed by atoms with van der Waals surface area (Å²) < 4.78 is 0. The van der Waals surface area contributed by atoms with E-state index in [-0.39, 0.29) is 18.4 Å². The number of hydrogen-bond acceptors (Lipinski definition) is 3. The number of likely N-dealkylation sites (N-methyl/N-ethyl adjacent to an activating group) is 1. The van der Waals surface area contributed by atoms with Gasteiger partial charge in [0.05, 0.1) is 0 Å². The molecule has 21 heavy (non-hydrogen) atoms. The molecule has 0 aromatic rings. The van der Waals surface area contributed by atoms with Crippen molar-refractivity contribution < 1.29 is 14.7 Å². The zero-order valence-corrected chi connectivity index (χ0v) is 13.6. The van der Waals surface area contributed by atoms with Crippen molar-refractivity contribution in [3.05, 3.63) is 0 Å². The summed E-state index contributed by atoms with van der Waals surface area (Å²) in [5.74, 6) is -0.376. The van der Waals surface area contributed by atoms with Gasteiger partial charge < -0.3 is 20.2 Å². The Labute approximate surface area is 127 Å². The Morgan fingerprint density at radius 1 is 1.38 bits per heavy atom. The first-order valence-corrected chi connectivity index (χ1v) is 7.70. The summed E-state index contributed by atoms with van der Waals surface area (Å²) in [6.45, 7) is 6.08. The van der Waals surface area contributed by atoms with Crippen LogP contribution in [0.1, 0.15) is 33.1 Å². The van der Waals surface area contributed by atoms with Crippen LogP contribution in [0, 0.1) is 11.8 Å². The van der Waals surface area contributed by atoms with Gasteiger partial charge in [-0.3, -0.25) is 4.79 Å². The number of carboxylic acid groups (broad SMARTS) is 1. The van der Waals surface area contributed by atoms with E-state index in [0.29, 0.717) is 18.5 Å². The lowest BCUT2D eigenvalue weighted by Crippen LogP contribution is -2.42. The van der Waals surface area contributed by atoms with Crippen LogP contribution in [-0.2, 0) is 4.79 Å². The van der Waals surface area contributed by atoms with Gasteiger partial charge in [-0.25, -0.2) is 4.79 Å². The lowest BCUT2D eigenvalue weighted by atomic mass is 9.94. The van der Waals surface area contributed by atoms with Crippen molar-refractivity contribution in [3.63, 3.8) is 0 Å². The third-order valence-corrected chi connectivity index (χ3v) is 3.99. The molecule has 1 fully saturated rings. The molecule has 1 aliphatic heterocycles. The van der Waals surface area contributed by atoms with E-state index in [1.807, 2.05) is 19.0 Å².